The van der Waals surface area contributed by atoms with E-state index < -0.39 is 6.08 Å². The van der Waals surface area contributed by atoms with Crippen molar-refractivity contribution in [3.8, 4) is 0 Å². The van der Waals surface area contributed by atoms with E-state index in [0.717, 1.165) is 0 Å². The van der Waals surface area contributed by atoms with Crippen LogP contribution in [0, 0.1) is 0 Å². The molecule has 52 valence electrons. The van der Waals surface area contributed by atoms with Crippen molar-refractivity contribution in [1.29, 1.82) is 0 Å². The summed E-state index contributed by atoms with van der Waals surface area (Å²) in [4.78, 5) is 1.38. The van der Waals surface area contributed by atoms with Crippen LogP contribution in [0.25, 0.3) is 0 Å². The second-order valence-electron chi connectivity index (χ2n) is 1.84. The quantitative estimate of drug-likeness (QED) is 0.491. The fourth-order valence-corrected chi connectivity index (χ4v) is 0.690. The van der Waals surface area contributed by atoms with Gasteiger partial charge >= 0.3 is 6.08 Å². The van der Waals surface area contributed by atoms with Gasteiger partial charge in [0.1, 0.15) is 6.61 Å². The highest BCUT2D eigenvalue weighted by molar-refractivity contribution is 4.94. The third kappa shape index (κ3) is 1.12. The summed E-state index contributed by atoms with van der Waals surface area (Å²) >= 11 is 0. The zero-order valence-corrected chi connectivity index (χ0v) is 5.03. The minimum absolute atomic E-state index is 0.282. The molecular weight excluding hydrogens is 128 g/mol. The summed E-state index contributed by atoms with van der Waals surface area (Å²) in [6, 6.07) is 0. The van der Waals surface area contributed by atoms with Crippen LogP contribution in [0.15, 0.2) is 12.0 Å². The summed E-state index contributed by atoms with van der Waals surface area (Å²) in [5.41, 5.74) is 0. The normalized spacial score (nSPS) is 18.1. The van der Waals surface area contributed by atoms with E-state index in [-0.39, 0.29) is 5.88 Å². The number of hydrogen-bond donors (Lipinski definition) is 0. The van der Waals surface area contributed by atoms with Gasteiger partial charge in [0, 0.05) is 7.05 Å². The Morgan fingerprint density at radius 3 is 2.56 bits per heavy atom. The maximum Gasteiger partial charge on any atom is 0.329 e. The molecule has 0 radical (unpaired) electrons. The van der Waals surface area contributed by atoms with Crippen molar-refractivity contribution in [2.45, 2.75) is 0 Å². The zero-order chi connectivity index (χ0) is 6.85. The van der Waals surface area contributed by atoms with E-state index >= 15 is 0 Å². The average molecular weight is 135 g/mol. The van der Waals surface area contributed by atoms with Gasteiger partial charge in [-0.15, -0.1) is 0 Å². The van der Waals surface area contributed by atoms with Crippen LogP contribution in [0.3, 0.4) is 0 Å². The molecule has 1 fully saturated rings. The van der Waals surface area contributed by atoms with Crippen molar-refractivity contribution in [1.82, 2.24) is 4.90 Å². The molecule has 0 aliphatic carbocycles. The number of likely N-dealkylation sites (N-methyl/N-ethyl adjacent to an activating group) is 1. The van der Waals surface area contributed by atoms with E-state index in [1.54, 1.807) is 7.05 Å². The smallest absolute Gasteiger partial charge is 0.329 e. The minimum atomic E-state index is -1.74. The Morgan fingerprint density at radius 2 is 2.33 bits per heavy atom. The summed E-state index contributed by atoms with van der Waals surface area (Å²) in [6.45, 7) is 0.913. The van der Waals surface area contributed by atoms with Crippen molar-refractivity contribution >= 4 is 0 Å². The minimum Gasteiger partial charge on any atom is -0.473 e. The first kappa shape index (κ1) is 6.32. The van der Waals surface area contributed by atoms with E-state index in [9.17, 15) is 8.78 Å². The second kappa shape index (κ2) is 2.21. The molecule has 1 heterocycles. The van der Waals surface area contributed by atoms with Crippen LogP contribution in [-0.4, -0.2) is 25.1 Å². The topological polar surface area (TPSA) is 12.5 Å². The molecule has 0 saturated carbocycles. The van der Waals surface area contributed by atoms with Gasteiger partial charge in [0.15, 0.2) is 0 Å². The fourth-order valence-electron chi connectivity index (χ4n) is 0.690. The van der Waals surface area contributed by atoms with E-state index in [4.69, 9.17) is 0 Å². The Labute approximate surface area is 51.7 Å². The van der Waals surface area contributed by atoms with Crippen LogP contribution < -0.4 is 0 Å². The molecule has 0 amide bonds. The Kier molecular flexibility index (Phi) is 1.55. The van der Waals surface area contributed by atoms with Gasteiger partial charge in [-0.05, 0) is 0 Å². The molecular formula is C5H7F2NO. The monoisotopic (exact) mass is 135 g/mol. The largest absolute Gasteiger partial charge is 0.473 e. The lowest BCUT2D eigenvalue weighted by Gasteiger charge is -2.06. The summed E-state index contributed by atoms with van der Waals surface area (Å²) in [6.07, 6.45) is -1.74. The first-order valence-corrected chi connectivity index (χ1v) is 2.61. The van der Waals surface area contributed by atoms with Gasteiger partial charge in [-0.3, -0.25) is 0 Å². The van der Waals surface area contributed by atoms with Gasteiger partial charge in [-0.25, -0.2) is 0 Å². The molecule has 0 aromatic heterocycles. The van der Waals surface area contributed by atoms with Crippen molar-refractivity contribution < 1.29 is 13.5 Å². The summed E-state index contributed by atoms with van der Waals surface area (Å²) in [7, 11) is 1.57. The number of nitrogens with zero attached hydrogens (tertiary/aromatic N) is 1. The average Bonchev–Trinajstić information content (AvgIpc) is 2.13. The molecule has 0 spiro atoms. The molecule has 9 heavy (non-hydrogen) atoms. The summed E-state index contributed by atoms with van der Waals surface area (Å²) in [5, 5.41) is 0. The lowest BCUT2D eigenvalue weighted by atomic mass is 10.6. The number of ether oxygens (including phenoxy) is 1. The molecule has 4 heteroatoms. The molecule has 1 aliphatic rings. The summed E-state index contributed by atoms with van der Waals surface area (Å²) < 4.78 is 28.0. The van der Waals surface area contributed by atoms with E-state index in [1.165, 1.54) is 4.90 Å². The van der Waals surface area contributed by atoms with Crippen LogP contribution in [0.2, 0.25) is 0 Å². The number of rotatable bonds is 0. The van der Waals surface area contributed by atoms with Gasteiger partial charge < -0.3 is 9.64 Å². The highest BCUT2D eigenvalue weighted by atomic mass is 19.3. The lowest BCUT2D eigenvalue weighted by Crippen LogP contribution is -2.11. The lowest BCUT2D eigenvalue weighted by molar-refractivity contribution is 0.205. The molecule has 1 aliphatic heterocycles. The van der Waals surface area contributed by atoms with Crippen LogP contribution in [0.4, 0.5) is 8.78 Å². The van der Waals surface area contributed by atoms with Crippen LogP contribution in [0.1, 0.15) is 0 Å². The van der Waals surface area contributed by atoms with Gasteiger partial charge in [-0.2, -0.15) is 8.78 Å². The predicted octanol–water partition coefficient (Wildman–Crippen LogP) is 1.01. The molecule has 0 aromatic carbocycles. The van der Waals surface area contributed by atoms with Gasteiger partial charge in [0.25, 0.3) is 5.88 Å². The van der Waals surface area contributed by atoms with E-state index in [0.29, 0.717) is 13.2 Å². The number of hydrogen-bond acceptors (Lipinski definition) is 2. The molecule has 0 bridgehead atoms. The molecule has 2 nitrogen and oxygen atoms in total. The number of halogens is 2. The third-order valence-corrected chi connectivity index (χ3v) is 1.17. The predicted molar refractivity (Wildman–Crippen MR) is 27.8 cm³/mol. The zero-order valence-electron chi connectivity index (χ0n) is 5.03. The van der Waals surface area contributed by atoms with E-state index in [1.807, 2.05) is 0 Å². The first-order chi connectivity index (χ1) is 4.22. The fraction of sp³-hybridized carbons (Fsp3) is 0.600. The molecule has 0 atom stereocenters. The van der Waals surface area contributed by atoms with Crippen LogP contribution in [-0.2, 0) is 4.74 Å². The molecule has 0 aromatic rings. The molecule has 1 saturated heterocycles. The van der Waals surface area contributed by atoms with Crippen LogP contribution in [0.5, 0.6) is 0 Å². The van der Waals surface area contributed by atoms with Gasteiger partial charge in [0.05, 0.1) is 6.54 Å². The Hall–Kier alpha value is -0.800. The second-order valence-corrected chi connectivity index (χ2v) is 1.84. The Morgan fingerprint density at radius 1 is 1.67 bits per heavy atom. The first-order valence-electron chi connectivity index (χ1n) is 2.61. The Balaban J connectivity index is 2.70. The summed E-state index contributed by atoms with van der Waals surface area (Å²) in [5.74, 6) is -0.282. The molecule has 1 rings (SSSR count). The van der Waals surface area contributed by atoms with E-state index in [2.05, 4.69) is 4.74 Å². The molecule has 0 unspecified atom stereocenters. The maximum absolute atomic E-state index is 11.7. The SMILES string of the molecule is CN1CCOC1=C(F)F. The van der Waals surface area contributed by atoms with Gasteiger partial charge in [0.2, 0.25) is 0 Å². The van der Waals surface area contributed by atoms with Crippen molar-refractivity contribution in [2.75, 3.05) is 20.2 Å². The van der Waals surface area contributed by atoms with Crippen molar-refractivity contribution in [3.63, 3.8) is 0 Å². The molecule has 0 N–H and O–H groups in total. The highest BCUT2D eigenvalue weighted by Gasteiger charge is 2.19. The highest BCUT2D eigenvalue weighted by Crippen LogP contribution is 2.17. The Bertz CT molecular complexity index is 142. The maximum atomic E-state index is 11.7. The standard InChI is InChI=1S/C5H7F2NO/c1-8-2-3-9-5(8)4(6)7/h2-3H2,1H3. The van der Waals surface area contributed by atoms with Gasteiger partial charge in [-0.1, -0.05) is 0 Å². The van der Waals surface area contributed by atoms with Crippen molar-refractivity contribution in [3.05, 3.63) is 12.0 Å². The third-order valence-electron chi connectivity index (χ3n) is 1.17. The van der Waals surface area contributed by atoms with Crippen molar-refractivity contribution in [2.24, 2.45) is 0 Å². The van der Waals surface area contributed by atoms with Crippen LogP contribution >= 0.6 is 0 Å².